The van der Waals surface area contributed by atoms with Gasteiger partial charge in [0.15, 0.2) is 0 Å². The third-order valence-corrected chi connectivity index (χ3v) is 5.15. The molecule has 2 N–H and O–H groups in total. The molecule has 3 heteroatoms. The molecule has 2 aromatic rings. The second-order valence-corrected chi connectivity index (χ2v) is 7.90. The van der Waals surface area contributed by atoms with E-state index in [1.165, 1.54) is 35.5 Å². The van der Waals surface area contributed by atoms with E-state index in [1.807, 2.05) is 0 Å². The summed E-state index contributed by atoms with van der Waals surface area (Å²) < 4.78 is 4.72. The molecule has 134 valence electrons. The molecule has 0 spiro atoms. The minimum Gasteiger partial charge on any atom is -0.385 e. The van der Waals surface area contributed by atoms with E-state index >= 15 is 0 Å². The number of anilines is 1. The molecule has 0 aromatic carbocycles. The van der Waals surface area contributed by atoms with E-state index in [9.17, 15) is 0 Å². The largest absolute Gasteiger partial charge is 0.385 e. The van der Waals surface area contributed by atoms with Crippen LogP contribution in [0.25, 0.3) is 0 Å². The summed E-state index contributed by atoms with van der Waals surface area (Å²) in [6.45, 7) is 15.6. The molecule has 2 aromatic heterocycles. The monoisotopic (exact) mass is 329 g/mol. The topological polar surface area (TPSA) is 35.9 Å². The third kappa shape index (κ3) is 4.46. The smallest absolute Gasteiger partial charge is 0.103 e. The molecule has 1 unspecified atom stereocenters. The molecule has 0 aliphatic heterocycles. The Morgan fingerprint density at radius 1 is 1.00 bits per heavy atom. The number of hydrogen-bond donors (Lipinski definition) is 1. The first-order valence-corrected chi connectivity index (χ1v) is 9.36. The molecule has 0 aliphatic carbocycles. The van der Waals surface area contributed by atoms with Crippen LogP contribution in [0.4, 0.5) is 5.82 Å². The summed E-state index contributed by atoms with van der Waals surface area (Å²) in [5.41, 5.74) is 11.7. The molecule has 2 rings (SSSR count). The minimum atomic E-state index is 0.597. The van der Waals surface area contributed by atoms with Gasteiger partial charge in [-0.2, -0.15) is 0 Å². The number of nitrogens with two attached hydrogens (primary N) is 1. The fourth-order valence-corrected chi connectivity index (χ4v) is 3.63. The Kier molecular flexibility index (Phi) is 6.20. The predicted molar refractivity (Wildman–Crippen MR) is 104 cm³/mol. The first-order valence-electron chi connectivity index (χ1n) is 9.36. The van der Waals surface area contributed by atoms with E-state index in [1.54, 1.807) is 0 Å². The molecule has 0 saturated heterocycles. The van der Waals surface area contributed by atoms with Crippen molar-refractivity contribution < 1.29 is 0 Å². The Morgan fingerprint density at radius 2 is 1.62 bits per heavy atom. The summed E-state index contributed by atoms with van der Waals surface area (Å²) in [4.78, 5) is 0. The molecule has 0 amide bonds. The van der Waals surface area contributed by atoms with E-state index in [0.29, 0.717) is 5.92 Å². The van der Waals surface area contributed by atoms with Crippen LogP contribution in [0.1, 0.15) is 56.3 Å². The highest BCUT2D eigenvalue weighted by atomic mass is 15.1. The third-order valence-electron chi connectivity index (χ3n) is 5.15. The van der Waals surface area contributed by atoms with Crippen LogP contribution in [0, 0.1) is 32.6 Å². The minimum absolute atomic E-state index is 0.597. The van der Waals surface area contributed by atoms with Crippen molar-refractivity contribution in [2.45, 2.75) is 73.9 Å². The Balaban J connectivity index is 2.02. The van der Waals surface area contributed by atoms with E-state index < -0.39 is 0 Å². The van der Waals surface area contributed by atoms with Gasteiger partial charge in [-0.15, -0.1) is 0 Å². The quantitative estimate of drug-likeness (QED) is 0.717. The Morgan fingerprint density at radius 3 is 2.21 bits per heavy atom. The van der Waals surface area contributed by atoms with Crippen molar-refractivity contribution >= 4 is 5.82 Å². The number of hydrogen-bond acceptors (Lipinski definition) is 1. The fraction of sp³-hybridized carbons (Fsp3) is 0.619. The summed E-state index contributed by atoms with van der Waals surface area (Å²) in [6, 6.07) is 6.60. The van der Waals surface area contributed by atoms with Gasteiger partial charge in [-0.05, 0) is 75.6 Å². The molecule has 0 aliphatic rings. The lowest BCUT2D eigenvalue weighted by atomic mass is 10.0. The molecule has 3 nitrogen and oxygen atoms in total. The maximum atomic E-state index is 6.28. The lowest BCUT2D eigenvalue weighted by Gasteiger charge is -2.16. The number of nitrogens with zero attached hydrogens (tertiary/aromatic N) is 2. The van der Waals surface area contributed by atoms with Gasteiger partial charge in [0.05, 0.1) is 0 Å². The van der Waals surface area contributed by atoms with Crippen molar-refractivity contribution in [1.82, 2.24) is 9.13 Å². The molecule has 24 heavy (non-hydrogen) atoms. The number of nitrogen functional groups attached to an aromatic ring is 1. The van der Waals surface area contributed by atoms with Gasteiger partial charge < -0.3 is 14.9 Å². The molecular formula is C21H35N3. The van der Waals surface area contributed by atoms with Crippen LogP contribution in [0.5, 0.6) is 0 Å². The van der Waals surface area contributed by atoms with E-state index in [2.05, 4.69) is 68.9 Å². The molecular weight excluding hydrogens is 294 g/mol. The highest BCUT2D eigenvalue weighted by Crippen LogP contribution is 2.23. The number of aromatic nitrogens is 2. The van der Waals surface area contributed by atoms with Crippen molar-refractivity contribution in [1.29, 1.82) is 0 Å². The second-order valence-electron chi connectivity index (χ2n) is 7.90. The zero-order valence-corrected chi connectivity index (χ0v) is 16.4. The van der Waals surface area contributed by atoms with Crippen molar-refractivity contribution in [2.75, 3.05) is 5.73 Å². The van der Waals surface area contributed by atoms with Crippen LogP contribution in [0.3, 0.4) is 0 Å². The highest BCUT2D eigenvalue weighted by Gasteiger charge is 2.14. The van der Waals surface area contributed by atoms with Gasteiger partial charge in [-0.3, -0.25) is 0 Å². The standard InChI is InChI=1S/C21H35N3/c1-15(2)8-7-11-23-19(6)20(13-21(23)22)12-16(3)14-24-17(4)9-10-18(24)5/h9-10,13,15-16H,7-8,11-12,14,22H2,1-6H3. The van der Waals surface area contributed by atoms with Gasteiger partial charge in [0, 0.05) is 30.2 Å². The van der Waals surface area contributed by atoms with Crippen molar-refractivity contribution in [3.63, 3.8) is 0 Å². The van der Waals surface area contributed by atoms with Gasteiger partial charge in [0.1, 0.15) is 5.82 Å². The zero-order valence-electron chi connectivity index (χ0n) is 16.4. The number of rotatable bonds is 8. The molecule has 0 radical (unpaired) electrons. The van der Waals surface area contributed by atoms with Crippen LogP contribution >= 0.6 is 0 Å². The van der Waals surface area contributed by atoms with Crippen LogP contribution in [0.2, 0.25) is 0 Å². The lowest BCUT2D eigenvalue weighted by Crippen LogP contribution is -2.13. The second kappa shape index (κ2) is 7.96. The maximum Gasteiger partial charge on any atom is 0.103 e. The fourth-order valence-electron chi connectivity index (χ4n) is 3.63. The van der Waals surface area contributed by atoms with Gasteiger partial charge >= 0.3 is 0 Å². The average Bonchev–Trinajstić information content (AvgIpc) is 2.94. The first kappa shape index (κ1) is 18.7. The summed E-state index contributed by atoms with van der Waals surface area (Å²) in [5, 5.41) is 0. The molecule has 0 bridgehead atoms. The highest BCUT2D eigenvalue weighted by molar-refractivity contribution is 5.41. The van der Waals surface area contributed by atoms with Crippen LogP contribution in [-0.2, 0) is 19.5 Å². The summed E-state index contributed by atoms with van der Waals surface area (Å²) in [6.07, 6.45) is 3.55. The first-order chi connectivity index (χ1) is 11.3. The maximum absolute atomic E-state index is 6.28. The van der Waals surface area contributed by atoms with E-state index in [-0.39, 0.29) is 0 Å². The summed E-state index contributed by atoms with van der Waals surface area (Å²) in [5.74, 6) is 2.28. The average molecular weight is 330 g/mol. The lowest BCUT2D eigenvalue weighted by molar-refractivity contribution is 0.466. The van der Waals surface area contributed by atoms with Gasteiger partial charge in [0.25, 0.3) is 0 Å². The van der Waals surface area contributed by atoms with Crippen LogP contribution < -0.4 is 5.73 Å². The summed E-state index contributed by atoms with van der Waals surface area (Å²) in [7, 11) is 0. The van der Waals surface area contributed by atoms with Crippen molar-refractivity contribution in [3.05, 3.63) is 40.8 Å². The Hall–Kier alpha value is -1.64. The van der Waals surface area contributed by atoms with Gasteiger partial charge in [-0.25, -0.2) is 0 Å². The van der Waals surface area contributed by atoms with Crippen molar-refractivity contribution in [3.8, 4) is 0 Å². The molecule has 2 heterocycles. The van der Waals surface area contributed by atoms with E-state index in [0.717, 1.165) is 31.2 Å². The Bertz CT molecular complexity index is 641. The summed E-state index contributed by atoms with van der Waals surface area (Å²) >= 11 is 0. The Labute approximate surface area is 147 Å². The van der Waals surface area contributed by atoms with Crippen LogP contribution in [-0.4, -0.2) is 9.13 Å². The molecule has 0 saturated carbocycles. The number of aryl methyl sites for hydroxylation is 2. The van der Waals surface area contributed by atoms with Crippen molar-refractivity contribution in [2.24, 2.45) is 11.8 Å². The van der Waals surface area contributed by atoms with E-state index in [4.69, 9.17) is 5.73 Å². The predicted octanol–water partition coefficient (Wildman–Crippen LogP) is 5.11. The molecule has 1 atom stereocenters. The zero-order chi connectivity index (χ0) is 17.9. The normalized spacial score (nSPS) is 13.0. The van der Waals surface area contributed by atoms with Crippen LogP contribution in [0.15, 0.2) is 18.2 Å². The SMILES string of the molecule is Cc1ccc(C)n1CC(C)Cc1cc(N)n(CCCC(C)C)c1C. The molecule has 0 fully saturated rings. The van der Waals surface area contributed by atoms with Gasteiger partial charge in [0.2, 0.25) is 0 Å². The van der Waals surface area contributed by atoms with Gasteiger partial charge in [-0.1, -0.05) is 20.8 Å².